The molecule has 2 aromatic heterocycles. The predicted molar refractivity (Wildman–Crippen MR) is 95.4 cm³/mol. The Kier molecular flexibility index (Phi) is 4.63. The third kappa shape index (κ3) is 3.37. The first-order chi connectivity index (χ1) is 11.2. The minimum Gasteiger partial charge on any atom is -0.460 e. The molecule has 4 heteroatoms. The highest BCUT2D eigenvalue weighted by Gasteiger charge is 2.11. The van der Waals surface area contributed by atoms with Gasteiger partial charge in [0.25, 0.3) is 0 Å². The zero-order valence-corrected chi connectivity index (χ0v) is 14.1. The second-order valence-electron chi connectivity index (χ2n) is 5.45. The van der Waals surface area contributed by atoms with Gasteiger partial charge in [-0.25, -0.2) is 0 Å². The fourth-order valence-corrected chi connectivity index (χ4v) is 3.24. The minimum absolute atomic E-state index is 0.0106. The number of hydrogen-bond donors (Lipinski definition) is 0. The lowest BCUT2D eigenvalue weighted by Crippen LogP contribution is -2.23. The topological polar surface area (TPSA) is 33.5 Å². The maximum absolute atomic E-state index is 12.3. The first-order valence-corrected chi connectivity index (χ1v) is 8.58. The monoisotopic (exact) mass is 325 g/mol. The van der Waals surface area contributed by atoms with Crippen molar-refractivity contribution in [2.75, 3.05) is 7.05 Å². The number of benzene rings is 1. The Morgan fingerprint density at radius 3 is 2.87 bits per heavy atom. The average Bonchev–Trinajstić information content (AvgIpc) is 3.19. The van der Waals surface area contributed by atoms with Gasteiger partial charge >= 0.3 is 0 Å². The molecule has 23 heavy (non-hydrogen) atoms. The van der Waals surface area contributed by atoms with Gasteiger partial charge in [0.2, 0.25) is 5.91 Å². The average molecular weight is 325 g/mol. The van der Waals surface area contributed by atoms with Crippen LogP contribution >= 0.6 is 11.3 Å². The number of thiophene rings is 1. The number of likely N-dealkylation sites (N-methyl/N-ethyl adjacent to an activating group) is 1. The molecule has 3 rings (SSSR count). The lowest BCUT2D eigenvalue weighted by Gasteiger charge is -2.13. The zero-order chi connectivity index (χ0) is 16.2. The number of nitrogens with zero attached hydrogens (tertiary/aromatic N) is 1. The Bertz CT molecular complexity index is 830. The second-order valence-corrected chi connectivity index (χ2v) is 6.23. The number of hydrogen-bond acceptors (Lipinski definition) is 3. The minimum atomic E-state index is -0.0106. The number of aryl methyl sites for hydroxylation is 1. The van der Waals surface area contributed by atoms with Crippen molar-refractivity contribution in [1.29, 1.82) is 0 Å². The summed E-state index contributed by atoms with van der Waals surface area (Å²) in [5, 5.41) is 5.13. The Balaban J connectivity index is 1.80. The maximum Gasteiger partial charge on any atom is 0.246 e. The van der Waals surface area contributed by atoms with Gasteiger partial charge in [0.1, 0.15) is 11.3 Å². The van der Waals surface area contributed by atoms with Crippen molar-refractivity contribution in [3.05, 3.63) is 64.1 Å². The van der Waals surface area contributed by atoms with E-state index in [2.05, 4.69) is 12.3 Å². The Morgan fingerprint density at radius 1 is 1.30 bits per heavy atom. The van der Waals surface area contributed by atoms with E-state index < -0.39 is 0 Å². The van der Waals surface area contributed by atoms with Crippen molar-refractivity contribution in [1.82, 2.24) is 4.90 Å². The number of rotatable bonds is 5. The molecule has 3 aromatic rings. The fraction of sp³-hybridized carbons (Fsp3) is 0.211. The van der Waals surface area contributed by atoms with E-state index in [1.807, 2.05) is 48.8 Å². The van der Waals surface area contributed by atoms with Crippen LogP contribution in [0.2, 0.25) is 0 Å². The molecule has 118 valence electrons. The number of para-hydroxylation sites is 1. The summed E-state index contributed by atoms with van der Waals surface area (Å²) in [7, 11) is 1.82. The third-order valence-electron chi connectivity index (χ3n) is 3.80. The van der Waals surface area contributed by atoms with Crippen LogP contribution in [-0.2, 0) is 17.8 Å². The van der Waals surface area contributed by atoms with Gasteiger partial charge in [0.05, 0.1) is 0 Å². The van der Waals surface area contributed by atoms with Crippen molar-refractivity contribution in [3.8, 4) is 0 Å². The lowest BCUT2D eigenvalue weighted by atomic mass is 10.1. The summed E-state index contributed by atoms with van der Waals surface area (Å²) < 4.78 is 5.85. The van der Waals surface area contributed by atoms with E-state index >= 15 is 0 Å². The molecule has 2 heterocycles. The molecule has 1 aromatic carbocycles. The standard InChI is InChI=1S/C19H19NO2S/c1-3-17-16(15-6-4-5-7-18(15)22-17)8-9-19(21)20(2)12-14-10-11-23-13-14/h4-11,13H,3,12H2,1-2H3. The van der Waals surface area contributed by atoms with E-state index in [0.29, 0.717) is 6.54 Å². The van der Waals surface area contributed by atoms with E-state index in [1.54, 1.807) is 22.3 Å². The van der Waals surface area contributed by atoms with E-state index in [4.69, 9.17) is 4.42 Å². The number of carbonyl (C=O) groups excluding carboxylic acids is 1. The summed E-state index contributed by atoms with van der Waals surface area (Å²) in [6.45, 7) is 2.68. The van der Waals surface area contributed by atoms with Crippen LogP contribution in [0.5, 0.6) is 0 Å². The van der Waals surface area contributed by atoms with Gasteiger partial charge in [0.15, 0.2) is 0 Å². The van der Waals surface area contributed by atoms with Gasteiger partial charge in [-0.1, -0.05) is 25.1 Å². The van der Waals surface area contributed by atoms with Crippen molar-refractivity contribution < 1.29 is 9.21 Å². The second kappa shape index (κ2) is 6.84. The largest absolute Gasteiger partial charge is 0.460 e. The molecule has 0 atom stereocenters. The van der Waals surface area contributed by atoms with Crippen LogP contribution in [0.3, 0.4) is 0 Å². The molecule has 0 bridgehead atoms. The van der Waals surface area contributed by atoms with Crippen LogP contribution in [0.1, 0.15) is 23.8 Å². The molecular weight excluding hydrogens is 306 g/mol. The Morgan fingerprint density at radius 2 is 2.13 bits per heavy atom. The van der Waals surface area contributed by atoms with E-state index in [-0.39, 0.29) is 5.91 Å². The van der Waals surface area contributed by atoms with Crippen LogP contribution in [0, 0.1) is 0 Å². The molecule has 0 spiro atoms. The highest BCUT2D eigenvalue weighted by atomic mass is 32.1. The van der Waals surface area contributed by atoms with Crippen molar-refractivity contribution >= 4 is 34.3 Å². The summed E-state index contributed by atoms with van der Waals surface area (Å²) in [6, 6.07) is 9.96. The smallest absolute Gasteiger partial charge is 0.246 e. The van der Waals surface area contributed by atoms with Crippen LogP contribution < -0.4 is 0 Å². The van der Waals surface area contributed by atoms with Gasteiger partial charge in [-0.15, -0.1) is 0 Å². The molecule has 0 aliphatic heterocycles. The SMILES string of the molecule is CCc1oc2ccccc2c1C=CC(=O)N(C)Cc1ccsc1. The van der Waals surface area contributed by atoms with E-state index in [9.17, 15) is 4.79 Å². The molecule has 0 unspecified atom stereocenters. The molecule has 3 nitrogen and oxygen atoms in total. The molecule has 0 N–H and O–H groups in total. The summed E-state index contributed by atoms with van der Waals surface area (Å²) in [4.78, 5) is 14.0. The first kappa shape index (κ1) is 15.6. The van der Waals surface area contributed by atoms with E-state index in [0.717, 1.165) is 34.3 Å². The van der Waals surface area contributed by atoms with E-state index in [1.165, 1.54) is 0 Å². The van der Waals surface area contributed by atoms with Gasteiger partial charge in [-0.3, -0.25) is 4.79 Å². The fourth-order valence-electron chi connectivity index (χ4n) is 2.58. The zero-order valence-electron chi connectivity index (χ0n) is 13.3. The number of amides is 1. The Labute approximate surface area is 139 Å². The van der Waals surface area contributed by atoms with Gasteiger partial charge in [-0.2, -0.15) is 11.3 Å². The summed E-state index contributed by atoms with van der Waals surface area (Å²) in [5.41, 5.74) is 3.02. The van der Waals surface area contributed by atoms with Crippen LogP contribution in [-0.4, -0.2) is 17.9 Å². The summed E-state index contributed by atoms with van der Waals surface area (Å²) >= 11 is 1.64. The third-order valence-corrected chi connectivity index (χ3v) is 4.53. The quantitative estimate of drug-likeness (QED) is 0.636. The van der Waals surface area contributed by atoms with Gasteiger partial charge < -0.3 is 9.32 Å². The van der Waals surface area contributed by atoms with Crippen LogP contribution in [0.25, 0.3) is 17.0 Å². The van der Waals surface area contributed by atoms with Crippen molar-refractivity contribution in [2.45, 2.75) is 19.9 Å². The molecule has 0 saturated heterocycles. The maximum atomic E-state index is 12.3. The number of furan rings is 1. The summed E-state index contributed by atoms with van der Waals surface area (Å²) in [6.07, 6.45) is 4.30. The molecular formula is C19H19NO2S. The predicted octanol–water partition coefficient (Wildman–Crippen LogP) is 4.73. The molecule has 0 fully saturated rings. The van der Waals surface area contributed by atoms with Crippen molar-refractivity contribution in [3.63, 3.8) is 0 Å². The number of fused-ring (bicyclic) bond motifs is 1. The first-order valence-electron chi connectivity index (χ1n) is 7.63. The Hall–Kier alpha value is -2.33. The number of carbonyl (C=O) groups is 1. The van der Waals surface area contributed by atoms with Crippen molar-refractivity contribution in [2.24, 2.45) is 0 Å². The van der Waals surface area contributed by atoms with Gasteiger partial charge in [0, 0.05) is 37.0 Å². The molecule has 0 saturated carbocycles. The normalized spacial score (nSPS) is 11.4. The van der Waals surface area contributed by atoms with Crippen LogP contribution in [0.4, 0.5) is 0 Å². The van der Waals surface area contributed by atoms with Crippen LogP contribution in [0.15, 0.2) is 51.6 Å². The lowest BCUT2D eigenvalue weighted by molar-refractivity contribution is -0.125. The summed E-state index contributed by atoms with van der Waals surface area (Å²) in [5.74, 6) is 0.902. The molecule has 0 aliphatic rings. The highest BCUT2D eigenvalue weighted by Crippen LogP contribution is 2.27. The highest BCUT2D eigenvalue weighted by molar-refractivity contribution is 7.07. The molecule has 0 radical (unpaired) electrons. The molecule has 1 amide bonds. The van der Waals surface area contributed by atoms with Gasteiger partial charge in [-0.05, 0) is 34.5 Å². The molecule has 0 aliphatic carbocycles.